The van der Waals surface area contributed by atoms with E-state index < -0.39 is 0 Å². The van der Waals surface area contributed by atoms with Crippen molar-refractivity contribution in [3.63, 3.8) is 0 Å². The average molecular weight is 394 g/mol. The highest BCUT2D eigenvalue weighted by Gasteiger charge is 2.27. The number of hydrogen-bond donors (Lipinski definition) is 0. The summed E-state index contributed by atoms with van der Waals surface area (Å²) >= 11 is 1.56. The summed E-state index contributed by atoms with van der Waals surface area (Å²) in [5.41, 5.74) is 3.85. The Bertz CT molecular complexity index is 1010. The highest BCUT2D eigenvalue weighted by atomic mass is 32.1. The van der Waals surface area contributed by atoms with Crippen molar-refractivity contribution in [2.75, 3.05) is 20.8 Å². The van der Waals surface area contributed by atoms with Crippen molar-refractivity contribution in [2.45, 2.75) is 19.9 Å². The largest absolute Gasteiger partial charge is 0.493 e. The molecule has 2 heterocycles. The van der Waals surface area contributed by atoms with E-state index >= 15 is 0 Å². The Morgan fingerprint density at radius 3 is 2.43 bits per heavy atom. The molecule has 0 atom stereocenters. The van der Waals surface area contributed by atoms with Gasteiger partial charge >= 0.3 is 0 Å². The number of benzene rings is 2. The zero-order chi connectivity index (χ0) is 19.7. The van der Waals surface area contributed by atoms with Crippen LogP contribution in [0.2, 0.25) is 0 Å². The highest BCUT2D eigenvalue weighted by Crippen LogP contribution is 2.35. The van der Waals surface area contributed by atoms with Gasteiger partial charge in [-0.1, -0.05) is 30.3 Å². The quantitative estimate of drug-likeness (QED) is 0.661. The van der Waals surface area contributed by atoms with Crippen molar-refractivity contribution < 1.29 is 14.3 Å². The van der Waals surface area contributed by atoms with E-state index in [0.717, 1.165) is 33.2 Å². The molecular formula is C22H22N2O3S. The first kappa shape index (κ1) is 18.5. The number of thiazole rings is 1. The van der Waals surface area contributed by atoms with Crippen LogP contribution in [0.1, 0.15) is 26.6 Å². The summed E-state index contributed by atoms with van der Waals surface area (Å²) < 4.78 is 10.8. The Kier molecular flexibility index (Phi) is 5.05. The molecule has 144 valence electrons. The van der Waals surface area contributed by atoms with Crippen LogP contribution < -0.4 is 9.47 Å². The fourth-order valence-corrected chi connectivity index (χ4v) is 4.48. The van der Waals surface area contributed by atoms with Crippen molar-refractivity contribution in [3.05, 3.63) is 64.3 Å². The highest BCUT2D eigenvalue weighted by molar-refractivity contribution is 7.15. The molecule has 0 bridgehead atoms. The molecule has 0 spiro atoms. The minimum Gasteiger partial charge on any atom is -0.493 e. The number of hydrogen-bond acceptors (Lipinski definition) is 5. The van der Waals surface area contributed by atoms with E-state index in [1.54, 1.807) is 25.6 Å². The molecule has 0 saturated heterocycles. The molecule has 28 heavy (non-hydrogen) atoms. The number of carbonyl (C=O) groups is 1. The molecule has 4 rings (SSSR count). The van der Waals surface area contributed by atoms with Crippen LogP contribution in [0.15, 0.2) is 42.5 Å². The van der Waals surface area contributed by atoms with Crippen LogP contribution in [0, 0.1) is 6.92 Å². The lowest BCUT2D eigenvalue weighted by Gasteiger charge is -2.29. The van der Waals surface area contributed by atoms with Crippen LogP contribution in [0.5, 0.6) is 11.5 Å². The second-order valence-electron chi connectivity index (χ2n) is 6.73. The Morgan fingerprint density at radius 2 is 1.75 bits per heavy atom. The summed E-state index contributed by atoms with van der Waals surface area (Å²) in [7, 11) is 3.26. The van der Waals surface area contributed by atoms with Gasteiger partial charge in [-0.2, -0.15) is 0 Å². The predicted molar refractivity (Wildman–Crippen MR) is 110 cm³/mol. The third-order valence-electron chi connectivity index (χ3n) is 4.98. The fraction of sp³-hybridized carbons (Fsp3) is 0.273. The molecule has 5 nitrogen and oxygen atoms in total. The summed E-state index contributed by atoms with van der Waals surface area (Å²) in [6, 6.07) is 14.0. The molecule has 0 unspecified atom stereocenters. The second kappa shape index (κ2) is 7.64. The number of methoxy groups -OCH3 is 2. The van der Waals surface area contributed by atoms with Gasteiger partial charge in [0, 0.05) is 13.1 Å². The second-order valence-corrected chi connectivity index (χ2v) is 7.93. The minimum atomic E-state index is -0.0244. The fourth-order valence-electron chi connectivity index (χ4n) is 3.56. The summed E-state index contributed by atoms with van der Waals surface area (Å²) in [6.07, 6.45) is 0.783. The third-order valence-corrected chi connectivity index (χ3v) is 6.00. The van der Waals surface area contributed by atoms with Crippen LogP contribution >= 0.6 is 11.3 Å². The number of aromatic nitrogens is 1. The zero-order valence-corrected chi connectivity index (χ0v) is 17.0. The van der Waals surface area contributed by atoms with Crippen LogP contribution in [0.3, 0.4) is 0 Å². The number of nitrogens with zero attached hydrogens (tertiary/aromatic N) is 2. The number of ether oxygens (including phenoxy) is 2. The van der Waals surface area contributed by atoms with Crippen molar-refractivity contribution in [1.29, 1.82) is 0 Å². The standard InChI is InChI=1S/C22H22N2O3S/c1-14-23-20(21(28-14)15-7-5-4-6-8-15)22(25)24-10-9-16-11-18(26-2)19(27-3)12-17(16)13-24/h4-8,11-12H,9-10,13H2,1-3H3. The third kappa shape index (κ3) is 3.36. The molecule has 0 N–H and O–H groups in total. The smallest absolute Gasteiger partial charge is 0.274 e. The molecule has 0 aliphatic carbocycles. The number of amides is 1. The van der Waals surface area contributed by atoms with Gasteiger partial charge in [-0.15, -0.1) is 11.3 Å². The van der Waals surface area contributed by atoms with Crippen LogP contribution in [-0.2, 0) is 13.0 Å². The van der Waals surface area contributed by atoms with Crippen molar-refractivity contribution in [1.82, 2.24) is 9.88 Å². The summed E-state index contributed by atoms with van der Waals surface area (Å²) in [5, 5.41) is 0.894. The van der Waals surface area contributed by atoms with Gasteiger partial charge in [0.25, 0.3) is 5.91 Å². The van der Waals surface area contributed by atoms with Gasteiger partial charge in [0.2, 0.25) is 0 Å². The lowest BCUT2D eigenvalue weighted by Crippen LogP contribution is -2.36. The normalized spacial score (nSPS) is 13.2. The first-order valence-electron chi connectivity index (χ1n) is 9.16. The molecule has 2 aromatic carbocycles. The number of fused-ring (bicyclic) bond motifs is 1. The maximum absolute atomic E-state index is 13.3. The SMILES string of the molecule is COc1cc2c(cc1OC)CN(C(=O)c1nc(C)sc1-c1ccccc1)CC2. The molecule has 6 heteroatoms. The Morgan fingerprint density at radius 1 is 1.07 bits per heavy atom. The van der Waals surface area contributed by atoms with E-state index in [1.807, 2.05) is 54.3 Å². The van der Waals surface area contributed by atoms with Gasteiger partial charge in [0.05, 0.1) is 24.1 Å². The average Bonchev–Trinajstić information content (AvgIpc) is 3.14. The Balaban J connectivity index is 1.65. The topological polar surface area (TPSA) is 51.7 Å². The maximum atomic E-state index is 13.3. The Hall–Kier alpha value is -2.86. The van der Waals surface area contributed by atoms with Gasteiger partial charge in [-0.3, -0.25) is 4.79 Å². The van der Waals surface area contributed by atoms with Gasteiger partial charge < -0.3 is 14.4 Å². The molecule has 1 amide bonds. The number of aryl methyl sites for hydroxylation is 1. The first-order valence-corrected chi connectivity index (χ1v) is 9.98. The first-order chi connectivity index (χ1) is 13.6. The van der Waals surface area contributed by atoms with Crippen LogP contribution in [0.25, 0.3) is 10.4 Å². The minimum absolute atomic E-state index is 0.0244. The molecular weight excluding hydrogens is 372 g/mol. The van der Waals surface area contributed by atoms with E-state index in [0.29, 0.717) is 24.5 Å². The summed E-state index contributed by atoms with van der Waals surface area (Å²) in [5.74, 6) is 1.39. The zero-order valence-electron chi connectivity index (χ0n) is 16.2. The van der Waals surface area contributed by atoms with Crippen molar-refractivity contribution in [3.8, 4) is 21.9 Å². The lowest BCUT2D eigenvalue weighted by molar-refractivity contribution is 0.0730. The molecule has 0 fully saturated rings. The molecule has 0 saturated carbocycles. The van der Waals surface area contributed by atoms with E-state index in [2.05, 4.69) is 4.98 Å². The lowest BCUT2D eigenvalue weighted by atomic mass is 9.98. The van der Waals surface area contributed by atoms with E-state index in [1.165, 1.54) is 5.56 Å². The number of rotatable bonds is 4. The molecule has 1 aromatic heterocycles. The van der Waals surface area contributed by atoms with Gasteiger partial charge in [-0.25, -0.2) is 4.98 Å². The monoisotopic (exact) mass is 394 g/mol. The molecule has 0 radical (unpaired) electrons. The molecule has 1 aliphatic rings. The van der Waals surface area contributed by atoms with E-state index in [4.69, 9.17) is 9.47 Å². The maximum Gasteiger partial charge on any atom is 0.274 e. The summed E-state index contributed by atoms with van der Waals surface area (Å²) in [4.78, 5) is 20.7. The Labute approximate surface area is 168 Å². The van der Waals surface area contributed by atoms with Crippen molar-refractivity contribution >= 4 is 17.2 Å². The van der Waals surface area contributed by atoms with Crippen LogP contribution in [-0.4, -0.2) is 36.6 Å². The number of carbonyl (C=O) groups excluding carboxylic acids is 1. The predicted octanol–water partition coefficient (Wildman–Crippen LogP) is 4.33. The molecule has 1 aliphatic heterocycles. The van der Waals surface area contributed by atoms with E-state index in [-0.39, 0.29) is 5.91 Å². The van der Waals surface area contributed by atoms with Crippen LogP contribution in [0.4, 0.5) is 0 Å². The van der Waals surface area contributed by atoms with E-state index in [9.17, 15) is 4.79 Å². The molecule has 3 aromatic rings. The van der Waals surface area contributed by atoms with Gasteiger partial charge in [0.15, 0.2) is 11.5 Å². The van der Waals surface area contributed by atoms with Gasteiger partial charge in [0.1, 0.15) is 5.69 Å². The van der Waals surface area contributed by atoms with Crippen molar-refractivity contribution in [2.24, 2.45) is 0 Å². The summed E-state index contributed by atoms with van der Waals surface area (Å²) in [6.45, 7) is 3.14. The van der Waals surface area contributed by atoms with Gasteiger partial charge in [-0.05, 0) is 42.2 Å².